The Morgan fingerprint density at radius 1 is 1.47 bits per heavy atom. The summed E-state index contributed by atoms with van der Waals surface area (Å²) in [5.41, 5.74) is 8.64. The lowest BCUT2D eigenvalue weighted by Gasteiger charge is -2.04. The normalized spacial score (nSPS) is 10.4. The van der Waals surface area contributed by atoms with Crippen molar-refractivity contribution in [3.63, 3.8) is 0 Å². The van der Waals surface area contributed by atoms with Gasteiger partial charge in [0.1, 0.15) is 5.75 Å². The largest absolute Gasteiger partial charge is 0.494 e. The molecule has 4 nitrogen and oxygen atoms in total. The van der Waals surface area contributed by atoms with Crippen molar-refractivity contribution in [1.29, 1.82) is 0 Å². The van der Waals surface area contributed by atoms with Crippen LogP contribution in [0.1, 0.15) is 12.0 Å². The zero-order valence-corrected chi connectivity index (χ0v) is 10.8. The van der Waals surface area contributed by atoms with Crippen LogP contribution in [0.2, 0.25) is 0 Å². The summed E-state index contributed by atoms with van der Waals surface area (Å²) >= 11 is 10.2. The van der Waals surface area contributed by atoms with Gasteiger partial charge < -0.3 is 10.5 Å². The van der Waals surface area contributed by atoms with E-state index in [1.165, 1.54) is 0 Å². The van der Waals surface area contributed by atoms with E-state index in [0.29, 0.717) is 12.5 Å². The second-order valence-corrected chi connectivity index (χ2v) is 4.01. The average Bonchev–Trinajstić information content (AvgIpc) is 2.31. The Hall–Kier alpha value is -1.33. The Kier molecular flexibility index (Phi) is 6.35. The average molecular weight is 272 g/mol. The number of alkyl halides is 1. The minimum atomic E-state index is 0.141. The molecule has 17 heavy (non-hydrogen) atoms. The van der Waals surface area contributed by atoms with Crippen molar-refractivity contribution in [3.05, 3.63) is 29.8 Å². The van der Waals surface area contributed by atoms with E-state index in [9.17, 15) is 0 Å². The van der Waals surface area contributed by atoms with Gasteiger partial charge in [-0.2, -0.15) is 5.10 Å². The zero-order valence-electron chi connectivity index (χ0n) is 9.23. The van der Waals surface area contributed by atoms with Gasteiger partial charge in [-0.3, -0.25) is 5.43 Å². The van der Waals surface area contributed by atoms with Crippen molar-refractivity contribution in [3.8, 4) is 5.75 Å². The summed E-state index contributed by atoms with van der Waals surface area (Å²) in [6, 6.07) is 7.52. The van der Waals surface area contributed by atoms with E-state index in [1.807, 2.05) is 24.3 Å². The Morgan fingerprint density at radius 2 is 2.18 bits per heavy atom. The van der Waals surface area contributed by atoms with E-state index < -0.39 is 0 Å². The predicted octanol–water partition coefficient (Wildman–Crippen LogP) is 1.86. The van der Waals surface area contributed by atoms with Crippen molar-refractivity contribution < 1.29 is 4.74 Å². The SMILES string of the molecule is NC(=S)NN=Cc1ccc(OCCCCl)cc1. The van der Waals surface area contributed by atoms with Crippen LogP contribution in [0.5, 0.6) is 5.75 Å². The van der Waals surface area contributed by atoms with Crippen molar-refractivity contribution in [2.45, 2.75) is 6.42 Å². The summed E-state index contributed by atoms with van der Waals surface area (Å²) in [4.78, 5) is 0. The molecule has 0 aliphatic rings. The molecule has 0 heterocycles. The number of hydrazone groups is 1. The maximum absolute atomic E-state index is 5.55. The lowest BCUT2D eigenvalue weighted by atomic mass is 10.2. The van der Waals surface area contributed by atoms with Crippen LogP contribution in [-0.4, -0.2) is 23.8 Å². The summed E-state index contributed by atoms with van der Waals surface area (Å²) in [5, 5.41) is 3.99. The number of nitrogens with one attached hydrogen (secondary N) is 1. The predicted molar refractivity (Wildman–Crippen MR) is 74.8 cm³/mol. The van der Waals surface area contributed by atoms with Gasteiger partial charge >= 0.3 is 0 Å². The molecule has 0 radical (unpaired) electrons. The molecular weight excluding hydrogens is 258 g/mol. The molecule has 0 atom stereocenters. The maximum atomic E-state index is 5.55. The molecular formula is C11H14ClN3OS. The monoisotopic (exact) mass is 271 g/mol. The molecule has 0 spiro atoms. The summed E-state index contributed by atoms with van der Waals surface area (Å²) in [6.45, 7) is 0.625. The zero-order chi connectivity index (χ0) is 12.5. The quantitative estimate of drug-likeness (QED) is 0.273. The fourth-order valence-corrected chi connectivity index (χ4v) is 1.23. The van der Waals surface area contributed by atoms with Crippen molar-refractivity contribution in [1.82, 2.24) is 5.43 Å². The summed E-state index contributed by atoms with van der Waals surface area (Å²) in [7, 11) is 0. The van der Waals surface area contributed by atoms with Gasteiger partial charge in [-0.15, -0.1) is 11.6 Å². The minimum Gasteiger partial charge on any atom is -0.494 e. The first kappa shape index (κ1) is 13.7. The number of nitrogens with zero attached hydrogens (tertiary/aromatic N) is 1. The lowest BCUT2D eigenvalue weighted by Crippen LogP contribution is -2.23. The molecule has 0 bridgehead atoms. The van der Waals surface area contributed by atoms with Gasteiger partial charge in [0.25, 0.3) is 0 Å². The molecule has 0 aromatic heterocycles. The first-order valence-corrected chi connectivity index (χ1v) is 6.04. The highest BCUT2D eigenvalue weighted by molar-refractivity contribution is 7.80. The van der Waals surface area contributed by atoms with Crippen LogP contribution in [0.25, 0.3) is 0 Å². The number of hydrogen-bond acceptors (Lipinski definition) is 3. The molecule has 1 aromatic rings. The molecule has 0 aliphatic heterocycles. The first-order valence-electron chi connectivity index (χ1n) is 5.09. The smallest absolute Gasteiger partial charge is 0.184 e. The number of nitrogens with two attached hydrogens (primary N) is 1. The van der Waals surface area contributed by atoms with Gasteiger partial charge in [0.05, 0.1) is 12.8 Å². The second kappa shape index (κ2) is 7.86. The van der Waals surface area contributed by atoms with Gasteiger partial charge in [0, 0.05) is 5.88 Å². The Balaban J connectivity index is 2.44. The number of thiocarbonyl (C=S) groups is 1. The highest BCUT2D eigenvalue weighted by Crippen LogP contribution is 2.11. The van der Waals surface area contributed by atoms with Crippen LogP contribution in [0, 0.1) is 0 Å². The fourth-order valence-electron chi connectivity index (χ4n) is 1.07. The number of ether oxygens (including phenoxy) is 1. The first-order chi connectivity index (χ1) is 8.22. The Labute approximate surface area is 111 Å². The standard InChI is InChI=1S/C11H14ClN3OS/c12-6-1-7-16-10-4-2-9(3-5-10)8-14-15-11(13)17/h2-5,8H,1,6-7H2,(H3,13,15,17). The van der Waals surface area contributed by atoms with E-state index in [-0.39, 0.29) is 5.11 Å². The van der Waals surface area contributed by atoms with Crippen LogP contribution in [-0.2, 0) is 0 Å². The van der Waals surface area contributed by atoms with E-state index in [4.69, 9.17) is 22.1 Å². The van der Waals surface area contributed by atoms with Gasteiger partial charge in [-0.05, 0) is 48.5 Å². The molecule has 0 saturated heterocycles. The third-order valence-corrected chi connectivity index (χ3v) is 2.17. The highest BCUT2D eigenvalue weighted by Gasteiger charge is 1.93. The second-order valence-electron chi connectivity index (χ2n) is 3.19. The van der Waals surface area contributed by atoms with Crippen LogP contribution in [0.3, 0.4) is 0 Å². The highest BCUT2D eigenvalue weighted by atomic mass is 35.5. The van der Waals surface area contributed by atoms with Crippen molar-refractivity contribution >= 4 is 35.1 Å². The molecule has 0 aliphatic carbocycles. The summed E-state index contributed by atoms with van der Waals surface area (Å²) < 4.78 is 5.46. The summed E-state index contributed by atoms with van der Waals surface area (Å²) in [5.74, 6) is 1.42. The van der Waals surface area contributed by atoms with E-state index in [0.717, 1.165) is 17.7 Å². The number of rotatable bonds is 6. The Morgan fingerprint density at radius 3 is 2.76 bits per heavy atom. The molecule has 0 unspecified atom stereocenters. The van der Waals surface area contributed by atoms with Gasteiger partial charge in [0.2, 0.25) is 0 Å². The van der Waals surface area contributed by atoms with Crippen molar-refractivity contribution in [2.75, 3.05) is 12.5 Å². The van der Waals surface area contributed by atoms with E-state index >= 15 is 0 Å². The van der Waals surface area contributed by atoms with Crippen LogP contribution < -0.4 is 15.9 Å². The lowest BCUT2D eigenvalue weighted by molar-refractivity contribution is 0.318. The van der Waals surface area contributed by atoms with E-state index in [1.54, 1.807) is 6.21 Å². The summed E-state index contributed by atoms with van der Waals surface area (Å²) in [6.07, 6.45) is 2.46. The molecule has 0 amide bonds. The minimum absolute atomic E-state index is 0.141. The molecule has 1 rings (SSSR count). The number of halogens is 1. The molecule has 1 aromatic carbocycles. The topological polar surface area (TPSA) is 59.6 Å². The molecule has 92 valence electrons. The fraction of sp³-hybridized carbons (Fsp3) is 0.273. The van der Waals surface area contributed by atoms with Gasteiger partial charge in [-0.1, -0.05) is 0 Å². The van der Waals surface area contributed by atoms with E-state index in [2.05, 4.69) is 22.7 Å². The number of hydrogen-bond donors (Lipinski definition) is 2. The van der Waals surface area contributed by atoms with Gasteiger partial charge in [-0.25, -0.2) is 0 Å². The number of benzene rings is 1. The molecule has 0 saturated carbocycles. The van der Waals surface area contributed by atoms with Crippen molar-refractivity contribution in [2.24, 2.45) is 10.8 Å². The van der Waals surface area contributed by atoms with Crippen LogP contribution in [0.15, 0.2) is 29.4 Å². The third-order valence-electron chi connectivity index (χ3n) is 1.82. The molecule has 3 N–H and O–H groups in total. The van der Waals surface area contributed by atoms with Crippen LogP contribution in [0.4, 0.5) is 0 Å². The molecule has 6 heteroatoms. The maximum Gasteiger partial charge on any atom is 0.184 e. The third kappa shape index (κ3) is 6.09. The van der Waals surface area contributed by atoms with Gasteiger partial charge in [0.15, 0.2) is 5.11 Å². The Bertz CT molecular complexity index is 381. The molecule has 0 fully saturated rings. The van der Waals surface area contributed by atoms with Crippen LogP contribution >= 0.6 is 23.8 Å².